The van der Waals surface area contributed by atoms with Gasteiger partial charge in [-0.3, -0.25) is 0 Å². The Morgan fingerprint density at radius 3 is 2.60 bits per heavy atom. The normalized spacial score (nSPS) is 15.3. The van der Waals surface area contributed by atoms with E-state index in [0.29, 0.717) is 0 Å². The number of benzene rings is 2. The van der Waals surface area contributed by atoms with Crippen LogP contribution in [-0.4, -0.2) is 29.6 Å². The van der Waals surface area contributed by atoms with E-state index in [1.807, 2.05) is 18.2 Å². The van der Waals surface area contributed by atoms with Crippen LogP contribution in [0.3, 0.4) is 0 Å². The third kappa shape index (κ3) is 3.31. The lowest BCUT2D eigenvalue weighted by atomic mass is 10.1. The molecule has 0 saturated carbocycles. The largest absolute Gasteiger partial charge is 0.344 e. The number of likely N-dealkylation sites (N-methyl/N-ethyl adjacent to an activating group) is 1. The maximum Gasteiger partial charge on any atom is 0.123 e. The van der Waals surface area contributed by atoms with Crippen LogP contribution in [0.15, 0.2) is 42.5 Å². The summed E-state index contributed by atoms with van der Waals surface area (Å²) in [5.74, 6) is -0.179. The van der Waals surface area contributed by atoms with E-state index in [1.54, 1.807) is 12.1 Å². The highest BCUT2D eigenvalue weighted by atomic mass is 35.5. The third-order valence-corrected chi connectivity index (χ3v) is 5.49. The smallest absolute Gasteiger partial charge is 0.123 e. The SMILES string of the molecule is CN1CCc2c(n(CCc3ccc(F)cc3)c3ccc(Cl)cc23)CC1. The van der Waals surface area contributed by atoms with Gasteiger partial charge in [0.15, 0.2) is 0 Å². The molecule has 0 spiro atoms. The van der Waals surface area contributed by atoms with Gasteiger partial charge in [-0.1, -0.05) is 23.7 Å². The van der Waals surface area contributed by atoms with E-state index < -0.39 is 0 Å². The first-order valence-electron chi connectivity index (χ1n) is 8.84. The fraction of sp³-hybridized carbons (Fsp3) is 0.333. The van der Waals surface area contributed by atoms with Gasteiger partial charge in [0.1, 0.15) is 5.82 Å². The molecule has 1 aromatic heterocycles. The van der Waals surface area contributed by atoms with Gasteiger partial charge in [0, 0.05) is 47.7 Å². The van der Waals surface area contributed by atoms with Crippen LogP contribution in [0.1, 0.15) is 16.8 Å². The van der Waals surface area contributed by atoms with Crippen LogP contribution in [0.25, 0.3) is 10.9 Å². The fourth-order valence-electron chi connectivity index (χ4n) is 3.87. The Balaban J connectivity index is 1.73. The highest BCUT2D eigenvalue weighted by molar-refractivity contribution is 6.31. The minimum Gasteiger partial charge on any atom is -0.344 e. The molecule has 25 heavy (non-hydrogen) atoms. The van der Waals surface area contributed by atoms with Gasteiger partial charge in [-0.2, -0.15) is 0 Å². The van der Waals surface area contributed by atoms with Crippen molar-refractivity contribution >= 4 is 22.5 Å². The molecule has 0 N–H and O–H groups in total. The van der Waals surface area contributed by atoms with Gasteiger partial charge >= 0.3 is 0 Å². The summed E-state index contributed by atoms with van der Waals surface area (Å²) in [4.78, 5) is 2.39. The van der Waals surface area contributed by atoms with Crippen LogP contribution in [0.4, 0.5) is 4.39 Å². The van der Waals surface area contributed by atoms with Crippen LogP contribution in [0, 0.1) is 5.82 Å². The summed E-state index contributed by atoms with van der Waals surface area (Å²) < 4.78 is 15.6. The molecule has 130 valence electrons. The molecule has 0 unspecified atom stereocenters. The van der Waals surface area contributed by atoms with Crippen molar-refractivity contribution in [3.8, 4) is 0 Å². The Morgan fingerprint density at radius 1 is 1.04 bits per heavy atom. The Bertz CT molecular complexity index is 898. The summed E-state index contributed by atoms with van der Waals surface area (Å²) in [7, 11) is 2.18. The molecule has 4 heteroatoms. The standard InChI is InChI=1S/C21H22ClFN2/c1-24-11-9-18-19-14-16(22)4-7-20(19)25(21(18)10-12-24)13-8-15-2-5-17(23)6-3-15/h2-7,14H,8-13H2,1H3. The molecule has 0 aliphatic carbocycles. The van der Waals surface area contributed by atoms with Crippen LogP contribution in [0.5, 0.6) is 0 Å². The Kier molecular flexibility index (Phi) is 4.53. The summed E-state index contributed by atoms with van der Waals surface area (Å²) in [5, 5.41) is 2.08. The molecule has 2 nitrogen and oxygen atoms in total. The van der Waals surface area contributed by atoms with Crippen molar-refractivity contribution in [1.82, 2.24) is 9.47 Å². The average molecular weight is 357 g/mol. The highest BCUT2D eigenvalue weighted by Gasteiger charge is 2.20. The van der Waals surface area contributed by atoms with Gasteiger partial charge < -0.3 is 9.47 Å². The summed E-state index contributed by atoms with van der Waals surface area (Å²) in [6.07, 6.45) is 3.02. The van der Waals surface area contributed by atoms with Crippen LogP contribution in [0.2, 0.25) is 5.02 Å². The summed E-state index contributed by atoms with van der Waals surface area (Å²) in [5.41, 5.74) is 5.31. The predicted octanol–water partition coefficient (Wildman–Crippen LogP) is 4.71. The first kappa shape index (κ1) is 16.6. The van der Waals surface area contributed by atoms with Crippen molar-refractivity contribution in [3.05, 3.63) is 70.1 Å². The van der Waals surface area contributed by atoms with Crippen molar-refractivity contribution in [2.75, 3.05) is 20.1 Å². The first-order chi connectivity index (χ1) is 12.1. The molecular weight excluding hydrogens is 335 g/mol. The van der Waals surface area contributed by atoms with Crippen molar-refractivity contribution in [2.24, 2.45) is 0 Å². The number of nitrogens with zero attached hydrogens (tertiary/aromatic N) is 2. The lowest BCUT2D eigenvalue weighted by molar-refractivity contribution is 0.351. The third-order valence-electron chi connectivity index (χ3n) is 5.26. The number of hydrogen-bond acceptors (Lipinski definition) is 1. The highest BCUT2D eigenvalue weighted by Crippen LogP contribution is 2.31. The number of fused-ring (bicyclic) bond motifs is 3. The molecule has 2 heterocycles. The molecule has 0 saturated heterocycles. The van der Waals surface area contributed by atoms with Crippen molar-refractivity contribution in [1.29, 1.82) is 0 Å². The molecule has 2 aromatic carbocycles. The minimum absolute atomic E-state index is 0.179. The van der Waals surface area contributed by atoms with Gasteiger partial charge in [0.05, 0.1) is 0 Å². The second-order valence-electron chi connectivity index (χ2n) is 6.92. The number of halogens is 2. The number of rotatable bonds is 3. The zero-order chi connectivity index (χ0) is 17.4. The van der Waals surface area contributed by atoms with E-state index in [1.165, 1.54) is 22.2 Å². The number of hydrogen-bond donors (Lipinski definition) is 0. The van der Waals surface area contributed by atoms with Gasteiger partial charge in [0.2, 0.25) is 0 Å². The van der Waals surface area contributed by atoms with Crippen LogP contribution >= 0.6 is 11.6 Å². The molecule has 3 aromatic rings. The van der Waals surface area contributed by atoms with Gasteiger partial charge in [0.25, 0.3) is 0 Å². The molecule has 0 atom stereocenters. The lowest BCUT2D eigenvalue weighted by Crippen LogP contribution is -2.21. The monoisotopic (exact) mass is 356 g/mol. The molecular formula is C21H22ClFN2. The maximum absolute atomic E-state index is 13.1. The van der Waals surface area contributed by atoms with E-state index in [0.717, 1.165) is 49.5 Å². The molecule has 0 fully saturated rings. The average Bonchev–Trinajstić information content (AvgIpc) is 2.75. The summed E-state index contributed by atoms with van der Waals surface area (Å²) in [6, 6.07) is 13.1. The first-order valence-corrected chi connectivity index (χ1v) is 9.22. The minimum atomic E-state index is -0.179. The lowest BCUT2D eigenvalue weighted by Gasteiger charge is -2.14. The maximum atomic E-state index is 13.1. The molecule has 1 aliphatic rings. The van der Waals surface area contributed by atoms with E-state index >= 15 is 0 Å². The topological polar surface area (TPSA) is 8.17 Å². The van der Waals surface area contributed by atoms with E-state index in [9.17, 15) is 4.39 Å². The predicted molar refractivity (Wildman–Crippen MR) is 102 cm³/mol. The second-order valence-corrected chi connectivity index (χ2v) is 7.35. The van der Waals surface area contributed by atoms with E-state index in [4.69, 9.17) is 11.6 Å². The molecule has 0 bridgehead atoms. The van der Waals surface area contributed by atoms with E-state index in [2.05, 4.69) is 28.6 Å². The number of aryl methyl sites for hydroxylation is 2. The molecule has 0 amide bonds. The van der Waals surface area contributed by atoms with Gasteiger partial charge in [-0.05, 0) is 61.3 Å². The zero-order valence-corrected chi connectivity index (χ0v) is 15.2. The van der Waals surface area contributed by atoms with Crippen LogP contribution in [-0.2, 0) is 25.8 Å². The van der Waals surface area contributed by atoms with Crippen molar-refractivity contribution in [3.63, 3.8) is 0 Å². The second kappa shape index (κ2) is 6.81. The quantitative estimate of drug-likeness (QED) is 0.660. The van der Waals surface area contributed by atoms with Crippen LogP contribution < -0.4 is 0 Å². The molecule has 0 radical (unpaired) electrons. The molecule has 4 rings (SSSR count). The Hall–Kier alpha value is -1.84. The van der Waals surface area contributed by atoms with Crippen molar-refractivity contribution in [2.45, 2.75) is 25.8 Å². The fourth-order valence-corrected chi connectivity index (χ4v) is 4.04. The Labute approximate surface area is 152 Å². The number of aromatic nitrogens is 1. The summed E-state index contributed by atoms with van der Waals surface area (Å²) >= 11 is 6.27. The zero-order valence-electron chi connectivity index (χ0n) is 14.4. The van der Waals surface area contributed by atoms with Gasteiger partial charge in [-0.25, -0.2) is 4.39 Å². The van der Waals surface area contributed by atoms with Crippen molar-refractivity contribution < 1.29 is 4.39 Å². The summed E-state index contributed by atoms with van der Waals surface area (Å²) in [6.45, 7) is 3.06. The van der Waals surface area contributed by atoms with E-state index in [-0.39, 0.29) is 5.82 Å². The Morgan fingerprint density at radius 2 is 1.80 bits per heavy atom. The molecule has 1 aliphatic heterocycles. The van der Waals surface area contributed by atoms with Gasteiger partial charge in [-0.15, -0.1) is 0 Å².